The molecule has 1 saturated carbocycles. The van der Waals surface area contributed by atoms with Gasteiger partial charge >= 0.3 is 0 Å². The highest BCUT2D eigenvalue weighted by molar-refractivity contribution is 7.99. The molecule has 0 radical (unpaired) electrons. The minimum absolute atomic E-state index is 0.0420. The van der Waals surface area contributed by atoms with E-state index < -0.39 is 0 Å². The fourth-order valence-electron chi connectivity index (χ4n) is 3.48. The summed E-state index contributed by atoms with van der Waals surface area (Å²) >= 11 is 2.05. The van der Waals surface area contributed by atoms with Crippen LogP contribution in [0.5, 0.6) is 0 Å². The molecule has 0 spiro atoms. The zero-order valence-electron chi connectivity index (χ0n) is 11.2. The van der Waals surface area contributed by atoms with Gasteiger partial charge in [0.1, 0.15) is 6.29 Å². The monoisotopic (exact) mass is 255 g/mol. The van der Waals surface area contributed by atoms with Crippen LogP contribution in [-0.2, 0) is 4.79 Å². The molecule has 0 aromatic heterocycles. The van der Waals surface area contributed by atoms with Gasteiger partial charge in [0.15, 0.2) is 0 Å². The van der Waals surface area contributed by atoms with Crippen LogP contribution in [0.1, 0.15) is 39.0 Å². The van der Waals surface area contributed by atoms with Crippen LogP contribution in [0.25, 0.3) is 0 Å². The van der Waals surface area contributed by atoms with Gasteiger partial charge in [-0.05, 0) is 38.0 Å². The van der Waals surface area contributed by atoms with E-state index in [4.69, 9.17) is 0 Å². The molecule has 0 aromatic carbocycles. The molecule has 1 aliphatic heterocycles. The summed E-state index contributed by atoms with van der Waals surface area (Å²) in [6, 6.07) is 0.703. The van der Waals surface area contributed by atoms with Gasteiger partial charge in [-0.15, -0.1) is 0 Å². The Bertz CT molecular complexity index is 265. The van der Waals surface area contributed by atoms with E-state index in [1.165, 1.54) is 37.1 Å². The highest BCUT2D eigenvalue weighted by Gasteiger charge is 2.37. The second-order valence-electron chi connectivity index (χ2n) is 6.11. The Morgan fingerprint density at radius 3 is 2.88 bits per heavy atom. The highest BCUT2D eigenvalue weighted by atomic mass is 32.2. The number of hydrogen-bond acceptors (Lipinski definition) is 3. The summed E-state index contributed by atoms with van der Waals surface area (Å²) in [7, 11) is 2.21. The molecule has 0 aromatic rings. The van der Waals surface area contributed by atoms with Gasteiger partial charge in [-0.1, -0.05) is 19.8 Å². The maximum absolute atomic E-state index is 11.5. The third-order valence-electron chi connectivity index (χ3n) is 4.47. The Labute approximate surface area is 110 Å². The summed E-state index contributed by atoms with van der Waals surface area (Å²) in [5.41, 5.74) is -0.0420. The Morgan fingerprint density at radius 1 is 1.47 bits per heavy atom. The van der Waals surface area contributed by atoms with Crippen molar-refractivity contribution in [3.63, 3.8) is 0 Å². The van der Waals surface area contributed by atoms with Crippen LogP contribution in [0.15, 0.2) is 0 Å². The van der Waals surface area contributed by atoms with E-state index in [0.717, 1.165) is 25.3 Å². The fraction of sp³-hybridized carbons (Fsp3) is 0.929. The largest absolute Gasteiger partial charge is 0.303 e. The van der Waals surface area contributed by atoms with Gasteiger partial charge in [-0.3, -0.25) is 0 Å². The van der Waals surface area contributed by atoms with Crippen LogP contribution in [-0.4, -0.2) is 42.3 Å². The van der Waals surface area contributed by atoms with Crippen molar-refractivity contribution in [2.24, 2.45) is 11.3 Å². The Hall–Kier alpha value is -0.0200. The molecule has 3 unspecified atom stereocenters. The summed E-state index contributed by atoms with van der Waals surface area (Å²) < 4.78 is 0. The molecule has 3 heteroatoms. The molecule has 17 heavy (non-hydrogen) atoms. The average molecular weight is 255 g/mol. The molecular formula is C14H25NOS. The summed E-state index contributed by atoms with van der Waals surface area (Å²) in [6.07, 6.45) is 7.30. The van der Waals surface area contributed by atoms with E-state index in [9.17, 15) is 4.79 Å². The number of rotatable bonds is 4. The summed E-state index contributed by atoms with van der Waals surface area (Å²) in [4.78, 5) is 14.0. The van der Waals surface area contributed by atoms with Crippen LogP contribution < -0.4 is 0 Å². The number of hydrogen-bond donors (Lipinski definition) is 0. The number of carbonyl (C=O) groups is 1. The van der Waals surface area contributed by atoms with Gasteiger partial charge in [0, 0.05) is 23.8 Å². The van der Waals surface area contributed by atoms with Crippen molar-refractivity contribution < 1.29 is 4.79 Å². The lowest BCUT2D eigenvalue weighted by Crippen LogP contribution is -2.44. The standard InChI is InChI=1S/C14H25NOS/c1-12-4-3-6-14(8-12,11-16)10-15(2)13-5-7-17-9-13/h11-13H,3-10H2,1-2H3. The van der Waals surface area contributed by atoms with Crippen molar-refractivity contribution in [1.82, 2.24) is 4.90 Å². The lowest BCUT2D eigenvalue weighted by Gasteiger charge is -2.39. The SMILES string of the molecule is CC1CCCC(C=O)(CN(C)C2CCSC2)C1. The van der Waals surface area contributed by atoms with Gasteiger partial charge in [-0.2, -0.15) is 11.8 Å². The molecule has 2 nitrogen and oxygen atoms in total. The van der Waals surface area contributed by atoms with Crippen LogP contribution in [0.3, 0.4) is 0 Å². The smallest absolute Gasteiger partial charge is 0.127 e. The predicted octanol–water partition coefficient (Wildman–Crippen LogP) is 2.82. The van der Waals surface area contributed by atoms with Crippen LogP contribution >= 0.6 is 11.8 Å². The average Bonchev–Trinajstić information content (AvgIpc) is 2.82. The van der Waals surface area contributed by atoms with Gasteiger partial charge in [0.05, 0.1) is 0 Å². The van der Waals surface area contributed by atoms with Gasteiger partial charge in [0.25, 0.3) is 0 Å². The molecule has 0 amide bonds. The van der Waals surface area contributed by atoms with Gasteiger partial charge in [-0.25, -0.2) is 0 Å². The quantitative estimate of drug-likeness (QED) is 0.721. The normalized spacial score (nSPS) is 38.5. The van der Waals surface area contributed by atoms with Gasteiger partial charge in [0.2, 0.25) is 0 Å². The number of carbonyl (C=O) groups excluding carboxylic acids is 1. The lowest BCUT2D eigenvalue weighted by molar-refractivity contribution is -0.120. The number of aldehydes is 1. The molecule has 2 fully saturated rings. The molecule has 1 heterocycles. The second kappa shape index (κ2) is 5.75. The first kappa shape index (κ1) is 13.4. The molecule has 0 N–H and O–H groups in total. The fourth-order valence-corrected chi connectivity index (χ4v) is 4.78. The van der Waals surface area contributed by atoms with Crippen molar-refractivity contribution in [2.45, 2.75) is 45.1 Å². The third kappa shape index (κ3) is 3.25. The summed E-state index contributed by atoms with van der Waals surface area (Å²) in [5.74, 6) is 3.26. The lowest BCUT2D eigenvalue weighted by atomic mass is 9.70. The Kier molecular flexibility index (Phi) is 4.53. The van der Waals surface area contributed by atoms with Crippen molar-refractivity contribution in [3.8, 4) is 0 Å². The van der Waals surface area contributed by atoms with E-state index in [-0.39, 0.29) is 5.41 Å². The molecule has 2 aliphatic rings. The molecule has 1 saturated heterocycles. The van der Waals surface area contributed by atoms with Crippen molar-refractivity contribution in [2.75, 3.05) is 25.1 Å². The van der Waals surface area contributed by atoms with Crippen LogP contribution in [0.4, 0.5) is 0 Å². The zero-order valence-corrected chi connectivity index (χ0v) is 12.0. The molecule has 98 valence electrons. The van der Waals surface area contributed by atoms with Crippen molar-refractivity contribution >= 4 is 18.0 Å². The van der Waals surface area contributed by atoms with E-state index in [2.05, 4.69) is 18.9 Å². The van der Waals surface area contributed by atoms with Crippen LogP contribution in [0.2, 0.25) is 0 Å². The predicted molar refractivity (Wildman–Crippen MR) is 74.5 cm³/mol. The first-order chi connectivity index (χ1) is 8.15. The molecule has 2 rings (SSSR count). The zero-order chi connectivity index (χ0) is 12.3. The second-order valence-corrected chi connectivity index (χ2v) is 7.26. The Balaban J connectivity index is 1.95. The summed E-state index contributed by atoms with van der Waals surface area (Å²) in [6.45, 7) is 3.27. The molecule has 0 bridgehead atoms. The number of nitrogens with zero attached hydrogens (tertiary/aromatic N) is 1. The molecular weight excluding hydrogens is 230 g/mol. The minimum atomic E-state index is -0.0420. The van der Waals surface area contributed by atoms with E-state index in [0.29, 0.717) is 6.04 Å². The first-order valence-corrected chi connectivity index (χ1v) is 8.05. The maximum atomic E-state index is 11.5. The molecule has 1 aliphatic carbocycles. The number of thioether (sulfide) groups is 1. The van der Waals surface area contributed by atoms with E-state index in [1.54, 1.807) is 0 Å². The van der Waals surface area contributed by atoms with Crippen molar-refractivity contribution in [3.05, 3.63) is 0 Å². The maximum Gasteiger partial charge on any atom is 0.127 e. The topological polar surface area (TPSA) is 20.3 Å². The first-order valence-electron chi connectivity index (χ1n) is 6.89. The van der Waals surface area contributed by atoms with Crippen molar-refractivity contribution in [1.29, 1.82) is 0 Å². The van der Waals surface area contributed by atoms with Crippen LogP contribution in [0, 0.1) is 11.3 Å². The highest BCUT2D eigenvalue weighted by Crippen LogP contribution is 2.39. The minimum Gasteiger partial charge on any atom is -0.303 e. The summed E-state index contributed by atoms with van der Waals surface area (Å²) in [5, 5.41) is 0. The molecule has 3 atom stereocenters. The van der Waals surface area contributed by atoms with E-state index in [1.807, 2.05) is 11.8 Å². The third-order valence-corrected chi connectivity index (χ3v) is 5.61. The Morgan fingerprint density at radius 2 is 2.29 bits per heavy atom. The van der Waals surface area contributed by atoms with E-state index >= 15 is 0 Å². The van der Waals surface area contributed by atoms with Gasteiger partial charge < -0.3 is 9.69 Å².